The van der Waals surface area contributed by atoms with Gasteiger partial charge in [-0.05, 0) is 31.2 Å². The molecule has 2 aromatic rings. The van der Waals surface area contributed by atoms with Crippen molar-refractivity contribution in [1.29, 1.82) is 0 Å². The molecule has 2 rings (SSSR count). The fraction of sp³-hybridized carbons (Fsp3) is 0.455. The van der Waals surface area contributed by atoms with E-state index in [1.807, 2.05) is 0 Å². The van der Waals surface area contributed by atoms with Gasteiger partial charge in [0.05, 0.1) is 10.7 Å². The maximum absolute atomic E-state index is 11.7. The van der Waals surface area contributed by atoms with Crippen molar-refractivity contribution in [2.24, 2.45) is 0 Å². The van der Waals surface area contributed by atoms with Crippen molar-refractivity contribution in [3.8, 4) is 0 Å². The summed E-state index contributed by atoms with van der Waals surface area (Å²) in [4.78, 5) is 5.39. The molecule has 0 fully saturated rings. The third-order valence-electron chi connectivity index (χ3n) is 3.04. The Morgan fingerprint density at radius 2 is 2.10 bits per heavy atom. The monoisotopic (exact) mass is 315 g/mol. The van der Waals surface area contributed by atoms with E-state index in [2.05, 4.69) is 20.4 Å². The highest BCUT2D eigenvalue weighted by atomic mass is 35.5. The first kappa shape index (κ1) is 14.9. The highest BCUT2D eigenvalue weighted by Crippen LogP contribution is 2.25. The fourth-order valence-electron chi connectivity index (χ4n) is 1.39. The molecule has 0 atom stereocenters. The molecule has 0 N–H and O–H groups in total. The molecule has 0 saturated heterocycles. The zero-order chi connectivity index (χ0) is 15.0. The van der Waals surface area contributed by atoms with Gasteiger partial charge >= 0.3 is 0 Å². The SMILES string of the molecule is CC(C)(c1nnn(Cc2ncccc2Cl)n1)S(C)(=O)=O. The molecule has 2 aromatic heterocycles. The van der Waals surface area contributed by atoms with Crippen molar-refractivity contribution in [1.82, 2.24) is 25.2 Å². The van der Waals surface area contributed by atoms with Crippen LogP contribution in [0.1, 0.15) is 25.4 Å². The summed E-state index contributed by atoms with van der Waals surface area (Å²) in [6.07, 6.45) is 2.75. The molecule has 0 unspecified atom stereocenters. The molecule has 9 heteroatoms. The van der Waals surface area contributed by atoms with Crippen LogP contribution in [-0.4, -0.2) is 39.9 Å². The zero-order valence-corrected chi connectivity index (χ0v) is 12.9. The summed E-state index contributed by atoms with van der Waals surface area (Å²) in [5.74, 6) is 0.145. The number of rotatable bonds is 4. The quantitative estimate of drug-likeness (QED) is 0.837. The van der Waals surface area contributed by atoms with Gasteiger partial charge < -0.3 is 0 Å². The number of hydrogen-bond donors (Lipinski definition) is 0. The Morgan fingerprint density at radius 1 is 1.40 bits per heavy atom. The van der Waals surface area contributed by atoms with E-state index < -0.39 is 14.6 Å². The van der Waals surface area contributed by atoms with Crippen LogP contribution >= 0.6 is 11.6 Å². The number of sulfone groups is 1. The lowest BCUT2D eigenvalue weighted by molar-refractivity contribution is 0.539. The zero-order valence-electron chi connectivity index (χ0n) is 11.3. The lowest BCUT2D eigenvalue weighted by Gasteiger charge is -2.17. The summed E-state index contributed by atoms with van der Waals surface area (Å²) in [6.45, 7) is 3.31. The number of aromatic nitrogens is 5. The summed E-state index contributed by atoms with van der Waals surface area (Å²) in [6, 6.07) is 3.43. The van der Waals surface area contributed by atoms with Gasteiger partial charge in [-0.1, -0.05) is 11.6 Å². The molecule has 0 aliphatic carbocycles. The molecule has 20 heavy (non-hydrogen) atoms. The molecule has 0 aromatic carbocycles. The van der Waals surface area contributed by atoms with Crippen LogP contribution in [0, 0.1) is 0 Å². The van der Waals surface area contributed by atoms with Crippen LogP contribution in [0.25, 0.3) is 0 Å². The van der Waals surface area contributed by atoms with Gasteiger partial charge in [-0.25, -0.2) is 8.42 Å². The van der Waals surface area contributed by atoms with Crippen molar-refractivity contribution in [2.45, 2.75) is 25.1 Å². The minimum atomic E-state index is -3.34. The first-order valence-electron chi connectivity index (χ1n) is 5.79. The van der Waals surface area contributed by atoms with Crippen molar-refractivity contribution < 1.29 is 8.42 Å². The summed E-state index contributed by atoms with van der Waals surface area (Å²) in [5.41, 5.74) is 0.593. The Bertz CT molecular complexity index is 726. The molecule has 0 bridgehead atoms. The predicted octanol–water partition coefficient (Wildman–Crippen LogP) is 1.05. The van der Waals surface area contributed by atoms with E-state index in [1.165, 1.54) is 18.6 Å². The minimum Gasteiger partial charge on any atom is -0.258 e. The molecule has 108 valence electrons. The molecular formula is C11H14ClN5O2S. The third-order valence-corrected chi connectivity index (χ3v) is 5.42. The predicted molar refractivity (Wildman–Crippen MR) is 74.0 cm³/mol. The van der Waals surface area contributed by atoms with Crippen LogP contribution in [-0.2, 0) is 21.1 Å². The molecule has 7 nitrogen and oxygen atoms in total. The summed E-state index contributed by atoms with van der Waals surface area (Å²) in [5, 5.41) is 12.3. The normalized spacial score (nSPS) is 12.6. The van der Waals surface area contributed by atoms with Crippen molar-refractivity contribution >= 4 is 21.4 Å². The highest BCUT2D eigenvalue weighted by Gasteiger charge is 2.37. The van der Waals surface area contributed by atoms with Gasteiger partial charge in [0.15, 0.2) is 15.7 Å². The van der Waals surface area contributed by atoms with Gasteiger partial charge in [-0.2, -0.15) is 4.80 Å². The maximum atomic E-state index is 11.7. The first-order valence-corrected chi connectivity index (χ1v) is 8.06. The van der Waals surface area contributed by atoms with E-state index in [-0.39, 0.29) is 12.4 Å². The van der Waals surface area contributed by atoms with Gasteiger partial charge in [-0.3, -0.25) is 4.98 Å². The Kier molecular flexibility index (Phi) is 3.79. The van der Waals surface area contributed by atoms with Crippen LogP contribution in [0.3, 0.4) is 0 Å². The van der Waals surface area contributed by atoms with E-state index in [0.717, 1.165) is 6.26 Å². The second-order valence-electron chi connectivity index (χ2n) is 4.86. The second-order valence-corrected chi connectivity index (χ2v) is 7.83. The van der Waals surface area contributed by atoms with Crippen LogP contribution in [0.5, 0.6) is 0 Å². The first-order chi connectivity index (χ1) is 9.22. The summed E-state index contributed by atoms with van der Waals surface area (Å²) < 4.78 is 22.3. The standard InChI is InChI=1S/C11H14ClN5O2S/c1-11(2,20(3,18)19)10-14-16-17(15-10)7-9-8(12)5-4-6-13-9/h4-6H,7H2,1-3H3. The molecular weight excluding hydrogens is 302 g/mol. The number of hydrogen-bond acceptors (Lipinski definition) is 6. The molecule has 0 aliphatic heterocycles. The Morgan fingerprint density at radius 3 is 2.70 bits per heavy atom. The number of nitrogens with zero attached hydrogens (tertiary/aromatic N) is 5. The molecule has 2 heterocycles. The molecule has 0 amide bonds. The lowest BCUT2D eigenvalue weighted by Crippen LogP contribution is -2.29. The number of halogens is 1. The Labute approximate surface area is 121 Å². The van der Waals surface area contributed by atoms with Gasteiger partial charge in [0.25, 0.3) is 0 Å². The number of tetrazole rings is 1. The molecule has 0 saturated carbocycles. The Balaban J connectivity index is 2.29. The maximum Gasteiger partial charge on any atom is 0.195 e. The van der Waals surface area contributed by atoms with Crippen molar-refractivity contribution in [3.63, 3.8) is 0 Å². The molecule has 0 spiro atoms. The minimum absolute atomic E-state index is 0.145. The summed E-state index contributed by atoms with van der Waals surface area (Å²) in [7, 11) is -3.34. The van der Waals surface area contributed by atoms with E-state index in [4.69, 9.17) is 11.6 Å². The topological polar surface area (TPSA) is 90.6 Å². The van der Waals surface area contributed by atoms with Crippen molar-refractivity contribution in [2.75, 3.05) is 6.26 Å². The summed E-state index contributed by atoms with van der Waals surface area (Å²) >= 11 is 6.00. The fourth-order valence-corrected chi connectivity index (χ4v) is 1.98. The smallest absolute Gasteiger partial charge is 0.195 e. The van der Waals surface area contributed by atoms with E-state index in [1.54, 1.807) is 18.3 Å². The van der Waals surface area contributed by atoms with Gasteiger partial charge in [0, 0.05) is 12.5 Å². The lowest BCUT2D eigenvalue weighted by atomic mass is 10.2. The van der Waals surface area contributed by atoms with Crippen LogP contribution in [0.4, 0.5) is 0 Å². The third kappa shape index (κ3) is 2.80. The van der Waals surface area contributed by atoms with Gasteiger partial charge in [0.2, 0.25) is 0 Å². The van der Waals surface area contributed by atoms with E-state index >= 15 is 0 Å². The van der Waals surface area contributed by atoms with Crippen LogP contribution in [0.15, 0.2) is 18.3 Å². The van der Waals surface area contributed by atoms with Crippen LogP contribution in [0.2, 0.25) is 5.02 Å². The molecule has 0 radical (unpaired) electrons. The second kappa shape index (κ2) is 5.10. The van der Waals surface area contributed by atoms with E-state index in [9.17, 15) is 8.42 Å². The molecule has 0 aliphatic rings. The van der Waals surface area contributed by atoms with Gasteiger partial charge in [-0.15, -0.1) is 10.2 Å². The van der Waals surface area contributed by atoms with Gasteiger partial charge in [0.1, 0.15) is 11.3 Å². The highest BCUT2D eigenvalue weighted by molar-refractivity contribution is 7.91. The average Bonchev–Trinajstić information content (AvgIpc) is 2.80. The van der Waals surface area contributed by atoms with Crippen molar-refractivity contribution in [3.05, 3.63) is 34.9 Å². The average molecular weight is 316 g/mol. The number of pyridine rings is 1. The van der Waals surface area contributed by atoms with E-state index in [0.29, 0.717) is 10.7 Å². The Hall–Kier alpha value is -1.54. The largest absolute Gasteiger partial charge is 0.258 e. The van der Waals surface area contributed by atoms with Crippen LogP contribution < -0.4 is 0 Å².